The van der Waals surface area contributed by atoms with Gasteiger partial charge in [0, 0.05) is 18.7 Å². The van der Waals surface area contributed by atoms with Crippen LogP contribution in [0.2, 0.25) is 0 Å². The van der Waals surface area contributed by atoms with Crippen LogP contribution in [-0.4, -0.2) is 24.4 Å². The van der Waals surface area contributed by atoms with Crippen molar-refractivity contribution in [1.29, 1.82) is 0 Å². The average Bonchev–Trinajstić information content (AvgIpc) is 2.40. The van der Waals surface area contributed by atoms with Crippen LogP contribution in [0.15, 0.2) is 36.4 Å². The first-order chi connectivity index (χ1) is 9.18. The highest BCUT2D eigenvalue weighted by atomic mass is 16.5. The lowest BCUT2D eigenvalue weighted by Crippen LogP contribution is -2.21. The molecule has 2 aromatic rings. The molecular weight excluding hydrogens is 238 g/mol. The fourth-order valence-electron chi connectivity index (χ4n) is 2.09. The van der Waals surface area contributed by atoms with Crippen LogP contribution in [0.3, 0.4) is 0 Å². The quantitative estimate of drug-likeness (QED) is 0.783. The fraction of sp³-hybridized carbons (Fsp3) is 0.375. The van der Waals surface area contributed by atoms with E-state index in [2.05, 4.69) is 11.4 Å². The standard InChI is InChI=1S/C16H21NO2/c1-12(2)19-10-9-17-11-15-14-6-4-3-5-13(14)7-8-16(15)18/h3-8,12,17-18H,9-11H2,1-2H3. The normalized spacial score (nSPS) is 11.3. The Kier molecular flexibility index (Phi) is 4.77. The molecule has 0 aliphatic rings. The van der Waals surface area contributed by atoms with Crippen LogP contribution >= 0.6 is 0 Å². The molecular formula is C16H21NO2. The Bertz CT molecular complexity index is 537. The Morgan fingerprint density at radius 2 is 1.95 bits per heavy atom. The molecule has 3 nitrogen and oxygen atoms in total. The third-order valence-corrected chi connectivity index (χ3v) is 3.05. The molecule has 0 saturated carbocycles. The minimum absolute atomic E-state index is 0.257. The van der Waals surface area contributed by atoms with E-state index >= 15 is 0 Å². The molecule has 0 fully saturated rings. The summed E-state index contributed by atoms with van der Waals surface area (Å²) < 4.78 is 5.47. The second-order valence-corrected chi connectivity index (χ2v) is 4.88. The van der Waals surface area contributed by atoms with Crippen molar-refractivity contribution < 1.29 is 9.84 Å². The Hall–Kier alpha value is -1.58. The van der Waals surface area contributed by atoms with Crippen LogP contribution < -0.4 is 5.32 Å². The van der Waals surface area contributed by atoms with Gasteiger partial charge in [-0.15, -0.1) is 0 Å². The van der Waals surface area contributed by atoms with Crippen molar-refractivity contribution in [1.82, 2.24) is 5.32 Å². The molecule has 19 heavy (non-hydrogen) atoms. The molecule has 2 N–H and O–H groups in total. The van der Waals surface area contributed by atoms with E-state index in [-0.39, 0.29) is 6.10 Å². The van der Waals surface area contributed by atoms with Gasteiger partial charge in [-0.25, -0.2) is 0 Å². The van der Waals surface area contributed by atoms with Crippen molar-refractivity contribution in [3.63, 3.8) is 0 Å². The number of hydrogen-bond acceptors (Lipinski definition) is 3. The van der Waals surface area contributed by atoms with E-state index in [1.165, 1.54) is 0 Å². The molecule has 0 bridgehead atoms. The van der Waals surface area contributed by atoms with Crippen molar-refractivity contribution >= 4 is 10.8 Å². The first-order valence-corrected chi connectivity index (χ1v) is 6.70. The molecule has 0 saturated heterocycles. The number of phenols is 1. The Morgan fingerprint density at radius 1 is 1.16 bits per heavy atom. The first kappa shape index (κ1) is 13.8. The molecule has 0 heterocycles. The van der Waals surface area contributed by atoms with Crippen molar-refractivity contribution in [2.45, 2.75) is 26.5 Å². The zero-order valence-electron chi connectivity index (χ0n) is 11.5. The predicted octanol–water partition coefficient (Wildman–Crippen LogP) is 3.06. The predicted molar refractivity (Wildman–Crippen MR) is 78.4 cm³/mol. The van der Waals surface area contributed by atoms with Gasteiger partial charge in [0.15, 0.2) is 0 Å². The van der Waals surface area contributed by atoms with E-state index in [4.69, 9.17) is 4.74 Å². The highest BCUT2D eigenvalue weighted by molar-refractivity contribution is 5.87. The zero-order valence-corrected chi connectivity index (χ0v) is 11.5. The van der Waals surface area contributed by atoms with E-state index in [0.717, 1.165) is 22.9 Å². The number of rotatable bonds is 6. The number of aromatic hydroxyl groups is 1. The van der Waals surface area contributed by atoms with Gasteiger partial charge in [-0.1, -0.05) is 30.3 Å². The van der Waals surface area contributed by atoms with Gasteiger partial charge in [0.05, 0.1) is 12.7 Å². The van der Waals surface area contributed by atoms with Crippen LogP contribution in [0.5, 0.6) is 5.75 Å². The summed E-state index contributed by atoms with van der Waals surface area (Å²) in [6.07, 6.45) is 0.257. The van der Waals surface area contributed by atoms with E-state index in [9.17, 15) is 5.11 Å². The van der Waals surface area contributed by atoms with Gasteiger partial charge in [-0.2, -0.15) is 0 Å². The minimum atomic E-state index is 0.257. The largest absolute Gasteiger partial charge is 0.508 e. The second-order valence-electron chi connectivity index (χ2n) is 4.88. The summed E-state index contributed by atoms with van der Waals surface area (Å²) in [4.78, 5) is 0. The third kappa shape index (κ3) is 3.69. The van der Waals surface area contributed by atoms with Gasteiger partial charge in [0.1, 0.15) is 5.75 Å². The number of fused-ring (bicyclic) bond motifs is 1. The summed E-state index contributed by atoms with van der Waals surface area (Å²) >= 11 is 0. The summed E-state index contributed by atoms with van der Waals surface area (Å²) in [5.74, 6) is 0.343. The van der Waals surface area contributed by atoms with Crippen molar-refractivity contribution in [2.75, 3.05) is 13.2 Å². The third-order valence-electron chi connectivity index (χ3n) is 3.05. The molecule has 102 valence electrons. The number of phenolic OH excluding ortho intramolecular Hbond substituents is 1. The molecule has 0 aliphatic carbocycles. The molecule has 0 amide bonds. The lowest BCUT2D eigenvalue weighted by molar-refractivity contribution is 0.0807. The number of hydrogen-bond donors (Lipinski definition) is 2. The molecule has 0 aromatic heterocycles. The summed E-state index contributed by atoms with van der Waals surface area (Å²) in [5.41, 5.74) is 0.947. The summed E-state index contributed by atoms with van der Waals surface area (Å²) in [5, 5.41) is 15.5. The molecule has 0 unspecified atom stereocenters. The lowest BCUT2D eigenvalue weighted by Gasteiger charge is -2.11. The highest BCUT2D eigenvalue weighted by Gasteiger charge is 2.06. The molecule has 2 rings (SSSR count). The monoisotopic (exact) mass is 259 g/mol. The van der Waals surface area contributed by atoms with Gasteiger partial charge in [-0.05, 0) is 30.7 Å². The molecule has 3 heteroatoms. The number of benzene rings is 2. The molecule has 0 aliphatic heterocycles. The maximum atomic E-state index is 9.98. The zero-order chi connectivity index (χ0) is 13.7. The maximum Gasteiger partial charge on any atom is 0.120 e. The Balaban J connectivity index is 2.01. The molecule has 0 spiro atoms. The Labute approximate surface area is 114 Å². The first-order valence-electron chi connectivity index (χ1n) is 6.70. The van der Waals surface area contributed by atoms with E-state index < -0.39 is 0 Å². The summed E-state index contributed by atoms with van der Waals surface area (Å²) in [6.45, 7) is 6.16. The average molecular weight is 259 g/mol. The van der Waals surface area contributed by atoms with E-state index in [1.54, 1.807) is 6.07 Å². The van der Waals surface area contributed by atoms with Crippen molar-refractivity contribution in [3.8, 4) is 5.75 Å². The summed E-state index contributed by atoms with van der Waals surface area (Å²) in [6, 6.07) is 11.8. The Morgan fingerprint density at radius 3 is 2.74 bits per heavy atom. The molecule has 2 aromatic carbocycles. The van der Waals surface area contributed by atoms with Gasteiger partial charge in [-0.3, -0.25) is 0 Å². The maximum absolute atomic E-state index is 9.98. The molecule has 0 atom stereocenters. The van der Waals surface area contributed by atoms with E-state index in [0.29, 0.717) is 18.9 Å². The van der Waals surface area contributed by atoms with E-state index in [1.807, 2.05) is 38.1 Å². The fourth-order valence-corrected chi connectivity index (χ4v) is 2.09. The lowest BCUT2D eigenvalue weighted by atomic mass is 10.0. The van der Waals surface area contributed by atoms with Gasteiger partial charge in [0.25, 0.3) is 0 Å². The SMILES string of the molecule is CC(C)OCCNCc1c(O)ccc2ccccc12. The number of nitrogens with one attached hydrogen (secondary N) is 1. The molecule has 0 radical (unpaired) electrons. The van der Waals surface area contributed by atoms with Gasteiger partial charge < -0.3 is 15.2 Å². The van der Waals surface area contributed by atoms with Crippen molar-refractivity contribution in [3.05, 3.63) is 42.0 Å². The number of ether oxygens (including phenoxy) is 1. The van der Waals surface area contributed by atoms with Crippen LogP contribution in [0.25, 0.3) is 10.8 Å². The van der Waals surface area contributed by atoms with Gasteiger partial charge in [0.2, 0.25) is 0 Å². The van der Waals surface area contributed by atoms with Crippen molar-refractivity contribution in [2.24, 2.45) is 0 Å². The smallest absolute Gasteiger partial charge is 0.120 e. The van der Waals surface area contributed by atoms with Crippen LogP contribution in [0.1, 0.15) is 19.4 Å². The van der Waals surface area contributed by atoms with Crippen LogP contribution in [0, 0.1) is 0 Å². The van der Waals surface area contributed by atoms with Gasteiger partial charge >= 0.3 is 0 Å². The van der Waals surface area contributed by atoms with Crippen LogP contribution in [0.4, 0.5) is 0 Å². The highest BCUT2D eigenvalue weighted by Crippen LogP contribution is 2.26. The van der Waals surface area contributed by atoms with Crippen LogP contribution in [-0.2, 0) is 11.3 Å². The summed E-state index contributed by atoms with van der Waals surface area (Å²) in [7, 11) is 0. The minimum Gasteiger partial charge on any atom is -0.508 e. The second kappa shape index (κ2) is 6.55. The topological polar surface area (TPSA) is 41.5 Å².